The third-order valence-corrected chi connectivity index (χ3v) is 8.05. The molecule has 3 nitrogen and oxygen atoms in total. The Labute approximate surface area is 145 Å². The predicted octanol–water partition coefficient (Wildman–Crippen LogP) is 3.82. The maximum atomic E-state index is 12.5. The van der Waals surface area contributed by atoms with Gasteiger partial charge in [-0.3, -0.25) is 9.59 Å². The number of fused-ring (bicyclic) bond motifs is 5. The van der Waals surface area contributed by atoms with Gasteiger partial charge in [0, 0.05) is 11.8 Å². The molecule has 0 aliphatic heterocycles. The third kappa shape index (κ3) is 2.12. The topological polar surface area (TPSA) is 57.9 Å². The molecule has 3 saturated carbocycles. The minimum atomic E-state index is -0.277. The molecule has 0 aromatic heterocycles. The van der Waals surface area contributed by atoms with Crippen LogP contribution >= 0.6 is 15.9 Å². The molecule has 0 unspecified atom stereocenters. The molecule has 0 bridgehead atoms. The second-order valence-corrected chi connectivity index (χ2v) is 9.24. The summed E-state index contributed by atoms with van der Waals surface area (Å²) >= 11 is 3.52. The van der Waals surface area contributed by atoms with Gasteiger partial charge in [-0.25, -0.2) is 0 Å². The summed E-state index contributed by atoms with van der Waals surface area (Å²) in [5.74, 6) is 2.10. The van der Waals surface area contributed by atoms with Gasteiger partial charge in [-0.2, -0.15) is 5.26 Å². The van der Waals surface area contributed by atoms with E-state index in [1.165, 1.54) is 5.57 Å². The number of carbonyl (C=O) groups is 2. The van der Waals surface area contributed by atoms with Crippen molar-refractivity contribution in [2.45, 2.75) is 50.3 Å². The molecule has 23 heavy (non-hydrogen) atoms. The number of halogens is 1. The zero-order chi connectivity index (χ0) is 16.4. The van der Waals surface area contributed by atoms with Gasteiger partial charge in [0.1, 0.15) is 5.78 Å². The van der Waals surface area contributed by atoms with Gasteiger partial charge in [-0.1, -0.05) is 28.4 Å². The highest BCUT2D eigenvalue weighted by Crippen LogP contribution is 2.62. The molecule has 0 aromatic carbocycles. The Morgan fingerprint density at radius 2 is 2.09 bits per heavy atom. The highest BCUT2D eigenvalue weighted by molar-refractivity contribution is 9.10. The first kappa shape index (κ1) is 15.6. The molecule has 0 saturated heterocycles. The zero-order valence-electron chi connectivity index (χ0n) is 13.4. The Hall–Kier alpha value is -0.950. The minimum absolute atomic E-state index is 0.0510. The van der Waals surface area contributed by atoms with E-state index in [-0.39, 0.29) is 21.9 Å². The molecule has 0 amide bonds. The SMILES string of the molecule is C[C@]12C[C@H](C#N)[C@H]3[C@@H](CCC4=CC(=O)[C@@H](Br)C[C@@H]43)[C@@H]1CCC2=O. The first-order valence-corrected chi connectivity index (χ1v) is 9.68. The van der Waals surface area contributed by atoms with Crippen LogP contribution in [-0.4, -0.2) is 16.4 Å². The van der Waals surface area contributed by atoms with Crippen LogP contribution in [0.2, 0.25) is 0 Å². The van der Waals surface area contributed by atoms with Crippen LogP contribution in [0, 0.1) is 46.3 Å². The second kappa shape index (κ2) is 5.28. The zero-order valence-corrected chi connectivity index (χ0v) is 15.0. The number of allylic oxidation sites excluding steroid dienone is 1. The van der Waals surface area contributed by atoms with Crippen molar-refractivity contribution in [3.05, 3.63) is 11.6 Å². The molecule has 0 spiro atoms. The molecule has 0 heterocycles. The normalized spacial score (nSPS) is 48.8. The number of ketones is 2. The van der Waals surface area contributed by atoms with Crippen molar-refractivity contribution in [3.8, 4) is 6.07 Å². The van der Waals surface area contributed by atoms with Crippen molar-refractivity contribution in [3.63, 3.8) is 0 Å². The minimum Gasteiger partial charge on any atom is -0.299 e. The largest absolute Gasteiger partial charge is 0.299 e. The molecular weight excluding hydrogens is 354 g/mol. The number of carbonyl (C=O) groups excluding carboxylic acids is 2. The molecular formula is C19H22BrNO2. The van der Waals surface area contributed by atoms with E-state index in [2.05, 4.69) is 28.9 Å². The average Bonchev–Trinajstić information content (AvgIpc) is 2.83. The first-order valence-electron chi connectivity index (χ1n) is 8.77. The number of nitrogens with zero attached hydrogens (tertiary/aromatic N) is 1. The van der Waals surface area contributed by atoms with E-state index in [0.29, 0.717) is 35.9 Å². The number of hydrogen-bond donors (Lipinski definition) is 0. The summed E-state index contributed by atoms with van der Waals surface area (Å²) in [6, 6.07) is 2.54. The van der Waals surface area contributed by atoms with Crippen LogP contribution < -0.4 is 0 Å². The lowest BCUT2D eigenvalue weighted by Crippen LogP contribution is -2.51. The lowest BCUT2D eigenvalue weighted by molar-refractivity contribution is -0.132. The van der Waals surface area contributed by atoms with E-state index in [1.54, 1.807) is 0 Å². The fourth-order valence-corrected chi connectivity index (χ4v) is 6.71. The summed E-state index contributed by atoms with van der Waals surface area (Å²) in [7, 11) is 0. The highest BCUT2D eigenvalue weighted by Gasteiger charge is 2.59. The van der Waals surface area contributed by atoms with Gasteiger partial charge >= 0.3 is 0 Å². The van der Waals surface area contributed by atoms with Crippen LogP contribution in [0.1, 0.15) is 45.4 Å². The standard InChI is InChI=1S/C19H22BrNO2/c1-19-8-11(9-21)18-12(14(19)4-5-17(19)23)3-2-10-6-16(22)15(20)7-13(10)18/h6,11-15,18H,2-5,7-8H2,1H3/t11-,12+,13+,14+,15+,18+,19+/m1/s1. The average molecular weight is 376 g/mol. The van der Waals surface area contributed by atoms with E-state index in [9.17, 15) is 14.9 Å². The van der Waals surface area contributed by atoms with Crippen molar-refractivity contribution < 1.29 is 9.59 Å². The van der Waals surface area contributed by atoms with Crippen molar-refractivity contribution in [1.29, 1.82) is 5.26 Å². The van der Waals surface area contributed by atoms with Gasteiger partial charge in [0.05, 0.1) is 16.8 Å². The van der Waals surface area contributed by atoms with Crippen molar-refractivity contribution in [2.24, 2.45) is 35.0 Å². The smallest absolute Gasteiger partial charge is 0.169 e. The van der Waals surface area contributed by atoms with E-state index in [4.69, 9.17) is 0 Å². The Bertz CT molecular complexity index is 648. The number of rotatable bonds is 0. The van der Waals surface area contributed by atoms with Crippen LogP contribution in [0.15, 0.2) is 11.6 Å². The molecule has 3 fully saturated rings. The Kier molecular flexibility index (Phi) is 3.57. The predicted molar refractivity (Wildman–Crippen MR) is 89.7 cm³/mol. The summed E-state index contributed by atoms with van der Waals surface area (Å²) in [4.78, 5) is 24.4. The number of alkyl halides is 1. The lowest BCUT2D eigenvalue weighted by atomic mass is 9.49. The Morgan fingerprint density at radius 1 is 1.30 bits per heavy atom. The summed E-state index contributed by atoms with van der Waals surface area (Å²) in [6.07, 6.45) is 7.08. The summed E-state index contributed by atoms with van der Waals surface area (Å²) in [5, 5.41) is 9.80. The molecule has 0 N–H and O–H groups in total. The summed E-state index contributed by atoms with van der Waals surface area (Å²) < 4.78 is 0. The van der Waals surface area contributed by atoms with Crippen LogP contribution in [0.5, 0.6) is 0 Å². The fraction of sp³-hybridized carbons (Fsp3) is 0.737. The van der Waals surface area contributed by atoms with Crippen molar-refractivity contribution in [2.75, 3.05) is 0 Å². The van der Waals surface area contributed by atoms with E-state index >= 15 is 0 Å². The van der Waals surface area contributed by atoms with Gasteiger partial charge < -0.3 is 0 Å². The summed E-state index contributed by atoms with van der Waals surface area (Å²) in [5.41, 5.74) is 0.987. The highest BCUT2D eigenvalue weighted by atomic mass is 79.9. The van der Waals surface area contributed by atoms with Crippen molar-refractivity contribution in [1.82, 2.24) is 0 Å². The number of nitriles is 1. The van der Waals surface area contributed by atoms with E-state index in [1.807, 2.05) is 6.08 Å². The molecule has 0 aromatic rings. The summed E-state index contributed by atoms with van der Waals surface area (Å²) in [6.45, 7) is 2.11. The van der Waals surface area contributed by atoms with Crippen LogP contribution in [-0.2, 0) is 9.59 Å². The lowest BCUT2D eigenvalue weighted by Gasteiger charge is -2.54. The fourth-order valence-electron chi connectivity index (χ4n) is 6.18. The van der Waals surface area contributed by atoms with E-state index in [0.717, 1.165) is 32.1 Å². The van der Waals surface area contributed by atoms with Gasteiger partial charge in [-0.05, 0) is 61.9 Å². The Balaban J connectivity index is 1.74. The third-order valence-electron chi connectivity index (χ3n) is 7.23. The molecule has 4 rings (SSSR count). The van der Waals surface area contributed by atoms with Gasteiger partial charge in [0.25, 0.3) is 0 Å². The van der Waals surface area contributed by atoms with Gasteiger partial charge in [0.2, 0.25) is 0 Å². The Morgan fingerprint density at radius 3 is 2.83 bits per heavy atom. The maximum Gasteiger partial charge on any atom is 0.169 e. The quantitative estimate of drug-likeness (QED) is 0.604. The molecule has 4 aliphatic rings. The van der Waals surface area contributed by atoms with Crippen LogP contribution in [0.3, 0.4) is 0 Å². The number of hydrogen-bond acceptors (Lipinski definition) is 3. The maximum absolute atomic E-state index is 12.5. The first-order chi connectivity index (χ1) is 11.0. The number of Topliss-reactive ketones (excluding diaryl/α,β-unsaturated/α-hetero) is 1. The molecule has 0 radical (unpaired) electrons. The van der Waals surface area contributed by atoms with Crippen LogP contribution in [0.25, 0.3) is 0 Å². The van der Waals surface area contributed by atoms with E-state index < -0.39 is 0 Å². The van der Waals surface area contributed by atoms with Crippen molar-refractivity contribution >= 4 is 27.5 Å². The second-order valence-electron chi connectivity index (χ2n) is 8.14. The molecule has 4 aliphatic carbocycles. The molecule has 4 heteroatoms. The van der Waals surface area contributed by atoms with Gasteiger partial charge in [0.15, 0.2) is 5.78 Å². The monoisotopic (exact) mass is 375 g/mol. The molecule has 7 atom stereocenters. The van der Waals surface area contributed by atoms with Crippen LogP contribution in [0.4, 0.5) is 0 Å². The molecule has 122 valence electrons. The van der Waals surface area contributed by atoms with Gasteiger partial charge in [-0.15, -0.1) is 0 Å².